The van der Waals surface area contributed by atoms with Crippen LogP contribution >= 0.6 is 23.1 Å². The molecule has 1 saturated heterocycles. The first-order valence-corrected chi connectivity index (χ1v) is 9.66. The summed E-state index contributed by atoms with van der Waals surface area (Å²) in [6.45, 7) is 2.46. The van der Waals surface area contributed by atoms with Crippen LogP contribution in [-0.4, -0.2) is 72.3 Å². The van der Waals surface area contributed by atoms with E-state index in [1.807, 2.05) is 0 Å². The third-order valence-electron chi connectivity index (χ3n) is 4.35. The number of nitrogen functional groups attached to an aromatic ring is 1. The monoisotopic (exact) mass is 417 g/mol. The van der Waals surface area contributed by atoms with Gasteiger partial charge in [0.1, 0.15) is 34.7 Å². The number of nitrogens with two attached hydrogens (primary N) is 1. The zero-order chi connectivity index (χ0) is 20.0. The summed E-state index contributed by atoms with van der Waals surface area (Å²) in [5, 5.41) is 39.4. The van der Waals surface area contributed by atoms with Gasteiger partial charge in [0.15, 0.2) is 10.9 Å². The SMILES string of the molecule is CC(=O)c1sc2nc(S[C@@H]3O[C@H](CO)[C@H](O)[C@H](O)[C@H]3O)n(N)c(=O)c2c1C. The molecule has 0 bridgehead atoms. The molecular formula is C15H19N3O7S2. The number of ether oxygens (including phenoxy) is 1. The minimum atomic E-state index is -1.55. The van der Waals surface area contributed by atoms with Gasteiger partial charge in [0.05, 0.1) is 16.9 Å². The average molecular weight is 417 g/mol. The Morgan fingerprint density at radius 2 is 2.00 bits per heavy atom. The van der Waals surface area contributed by atoms with Gasteiger partial charge in [0.2, 0.25) is 0 Å². The molecule has 3 rings (SSSR count). The average Bonchev–Trinajstić information content (AvgIpc) is 2.96. The summed E-state index contributed by atoms with van der Waals surface area (Å²) in [5.41, 5.74) is -1.19. The summed E-state index contributed by atoms with van der Waals surface area (Å²) < 4.78 is 6.18. The number of thioether (sulfide) groups is 1. The molecular weight excluding hydrogens is 398 g/mol. The molecule has 148 valence electrons. The Morgan fingerprint density at radius 1 is 1.33 bits per heavy atom. The number of fused-ring (bicyclic) bond motifs is 1. The molecule has 0 radical (unpaired) electrons. The fourth-order valence-corrected chi connectivity index (χ4v) is 5.04. The number of aryl methyl sites for hydroxylation is 1. The van der Waals surface area contributed by atoms with Crippen LogP contribution in [0.25, 0.3) is 10.2 Å². The van der Waals surface area contributed by atoms with Gasteiger partial charge in [-0.05, 0) is 19.4 Å². The second kappa shape index (κ2) is 7.47. The molecule has 12 heteroatoms. The molecule has 2 aromatic rings. The van der Waals surface area contributed by atoms with Gasteiger partial charge in [0.25, 0.3) is 5.56 Å². The zero-order valence-electron chi connectivity index (χ0n) is 14.4. The number of thiophene rings is 1. The molecule has 0 spiro atoms. The molecule has 1 aliphatic rings. The lowest BCUT2D eigenvalue weighted by Gasteiger charge is -2.39. The maximum absolute atomic E-state index is 12.6. The standard InChI is InChI=1S/C15H19N3O7S2/c1-4-7-12(26-11(4)5(2)20)17-15(18(16)13(7)24)27-14-10(23)9(22)8(21)6(3-19)25-14/h6,8-10,14,19,21-23H,3,16H2,1-2H3/t6-,8+,9+,10-,14+/m1/s1. The van der Waals surface area contributed by atoms with Crippen LogP contribution in [0.4, 0.5) is 0 Å². The number of hydrogen-bond acceptors (Lipinski definition) is 11. The van der Waals surface area contributed by atoms with E-state index in [1.54, 1.807) is 6.92 Å². The van der Waals surface area contributed by atoms with Crippen molar-refractivity contribution in [1.82, 2.24) is 9.66 Å². The lowest BCUT2D eigenvalue weighted by molar-refractivity contribution is -0.205. The molecule has 10 nitrogen and oxygen atoms in total. The first-order chi connectivity index (χ1) is 12.7. The van der Waals surface area contributed by atoms with Gasteiger partial charge in [-0.15, -0.1) is 11.3 Å². The molecule has 0 saturated carbocycles. The number of carbonyl (C=O) groups is 1. The van der Waals surface area contributed by atoms with E-state index in [0.29, 0.717) is 15.3 Å². The highest BCUT2D eigenvalue weighted by Gasteiger charge is 2.44. The Balaban J connectivity index is 2.01. The Bertz CT molecular complexity index is 942. The third-order valence-corrected chi connectivity index (χ3v) is 6.76. The van der Waals surface area contributed by atoms with E-state index in [2.05, 4.69) is 4.98 Å². The van der Waals surface area contributed by atoms with E-state index in [0.717, 1.165) is 27.8 Å². The normalized spacial score (nSPS) is 28.6. The highest BCUT2D eigenvalue weighted by atomic mass is 32.2. The molecule has 0 aromatic carbocycles. The molecule has 1 aliphatic heterocycles. The van der Waals surface area contributed by atoms with Gasteiger partial charge in [-0.25, -0.2) is 9.66 Å². The van der Waals surface area contributed by atoms with E-state index in [9.17, 15) is 30.0 Å². The van der Waals surface area contributed by atoms with Crippen molar-refractivity contribution in [2.24, 2.45) is 0 Å². The summed E-state index contributed by atoms with van der Waals surface area (Å²) in [6, 6.07) is 0. The molecule has 2 aromatic heterocycles. The Morgan fingerprint density at radius 3 is 2.59 bits per heavy atom. The predicted octanol–water partition coefficient (Wildman–Crippen LogP) is -1.43. The smallest absolute Gasteiger partial charge is 0.281 e. The van der Waals surface area contributed by atoms with Gasteiger partial charge >= 0.3 is 0 Å². The second-order valence-electron chi connectivity index (χ2n) is 6.18. The minimum absolute atomic E-state index is 0.00631. The van der Waals surface area contributed by atoms with E-state index in [4.69, 9.17) is 10.6 Å². The maximum Gasteiger partial charge on any atom is 0.281 e. The lowest BCUT2D eigenvalue weighted by atomic mass is 10.0. The van der Waals surface area contributed by atoms with Crippen LogP contribution in [0, 0.1) is 6.92 Å². The van der Waals surface area contributed by atoms with Crippen LogP contribution in [0.15, 0.2) is 9.95 Å². The number of Topliss-reactive ketones (excluding diaryl/α,β-unsaturated/α-hetero) is 1. The van der Waals surface area contributed by atoms with Crippen LogP contribution < -0.4 is 11.4 Å². The Hall–Kier alpha value is -1.54. The molecule has 5 atom stereocenters. The van der Waals surface area contributed by atoms with Crippen LogP contribution in [0.1, 0.15) is 22.2 Å². The van der Waals surface area contributed by atoms with Gasteiger partial charge in [0, 0.05) is 0 Å². The van der Waals surface area contributed by atoms with Crippen molar-refractivity contribution in [3.63, 3.8) is 0 Å². The van der Waals surface area contributed by atoms with Gasteiger partial charge in [-0.3, -0.25) is 9.59 Å². The van der Waals surface area contributed by atoms with Gasteiger partial charge in [-0.1, -0.05) is 11.8 Å². The number of aliphatic hydroxyl groups is 4. The molecule has 3 heterocycles. The van der Waals surface area contributed by atoms with Crippen LogP contribution in [0.3, 0.4) is 0 Å². The van der Waals surface area contributed by atoms with Crippen LogP contribution in [0.5, 0.6) is 0 Å². The van der Waals surface area contributed by atoms with Crippen molar-refractivity contribution in [3.8, 4) is 0 Å². The summed E-state index contributed by atoms with van der Waals surface area (Å²) in [7, 11) is 0. The van der Waals surface area contributed by atoms with Crippen molar-refractivity contribution in [2.75, 3.05) is 12.4 Å². The summed E-state index contributed by atoms with van der Waals surface area (Å²) in [6.07, 6.45) is -5.63. The van der Waals surface area contributed by atoms with Gasteiger partial charge in [-0.2, -0.15) is 0 Å². The number of nitrogens with zero attached hydrogens (tertiary/aromatic N) is 2. The van der Waals surface area contributed by atoms with E-state index in [1.165, 1.54) is 6.92 Å². The zero-order valence-corrected chi connectivity index (χ0v) is 16.0. The highest BCUT2D eigenvalue weighted by Crippen LogP contribution is 2.34. The molecule has 0 amide bonds. The van der Waals surface area contributed by atoms with Crippen LogP contribution in [-0.2, 0) is 4.74 Å². The van der Waals surface area contributed by atoms with Crippen LogP contribution in [0.2, 0.25) is 0 Å². The van der Waals surface area contributed by atoms with E-state index >= 15 is 0 Å². The summed E-state index contributed by atoms with van der Waals surface area (Å²) in [5.74, 6) is 5.64. The molecule has 0 aliphatic carbocycles. The first kappa shape index (κ1) is 20.2. The highest BCUT2D eigenvalue weighted by molar-refractivity contribution is 7.99. The Kier molecular flexibility index (Phi) is 5.59. The lowest BCUT2D eigenvalue weighted by Crippen LogP contribution is -2.57. The van der Waals surface area contributed by atoms with Crippen molar-refractivity contribution in [2.45, 2.75) is 48.9 Å². The number of hydrogen-bond donors (Lipinski definition) is 5. The number of carbonyl (C=O) groups excluding carboxylic acids is 1. The Labute approximate surface area is 161 Å². The largest absolute Gasteiger partial charge is 0.394 e. The topological polar surface area (TPSA) is 168 Å². The van der Waals surface area contributed by atoms with E-state index < -0.39 is 42.0 Å². The summed E-state index contributed by atoms with van der Waals surface area (Å²) in [4.78, 5) is 29.4. The first-order valence-electron chi connectivity index (χ1n) is 7.96. The molecule has 0 unspecified atom stereocenters. The molecule has 6 N–H and O–H groups in total. The van der Waals surface area contributed by atoms with E-state index in [-0.39, 0.29) is 16.3 Å². The molecule has 1 fully saturated rings. The number of aliphatic hydroxyl groups excluding tert-OH is 4. The number of ketones is 1. The second-order valence-corrected chi connectivity index (χ2v) is 8.24. The quantitative estimate of drug-likeness (QED) is 0.226. The predicted molar refractivity (Wildman–Crippen MR) is 98.4 cm³/mol. The van der Waals surface area contributed by atoms with Crippen molar-refractivity contribution >= 4 is 39.1 Å². The van der Waals surface area contributed by atoms with Crippen molar-refractivity contribution in [1.29, 1.82) is 0 Å². The fourth-order valence-electron chi connectivity index (χ4n) is 2.86. The fraction of sp³-hybridized carbons (Fsp3) is 0.533. The van der Waals surface area contributed by atoms with Crippen molar-refractivity contribution in [3.05, 3.63) is 20.8 Å². The third kappa shape index (κ3) is 3.38. The molecule has 27 heavy (non-hydrogen) atoms. The summed E-state index contributed by atoms with van der Waals surface area (Å²) >= 11 is 1.83. The maximum atomic E-state index is 12.6. The van der Waals surface area contributed by atoms with Gasteiger partial charge < -0.3 is 31.0 Å². The number of aromatic nitrogens is 2. The van der Waals surface area contributed by atoms with Crippen molar-refractivity contribution < 1.29 is 30.0 Å². The number of rotatable bonds is 4. The minimum Gasteiger partial charge on any atom is -0.394 e.